The molecule has 1 aromatic carbocycles. The van der Waals surface area contributed by atoms with E-state index in [1.807, 2.05) is 20.8 Å². The third-order valence-electron chi connectivity index (χ3n) is 3.36. The summed E-state index contributed by atoms with van der Waals surface area (Å²) in [4.78, 5) is 28.4. The molecule has 1 heterocycles. The first-order valence-electron chi connectivity index (χ1n) is 8.06. The molecule has 0 fully saturated rings. The van der Waals surface area contributed by atoms with Gasteiger partial charge in [0.1, 0.15) is 11.5 Å². The molecular weight excluding hydrogens is 321 g/mol. The molecule has 0 bridgehead atoms. The van der Waals surface area contributed by atoms with E-state index in [0.717, 1.165) is 5.56 Å². The SMILES string of the molecule is CC(C)(C)NC(=O)c1cc(C(=O)NCCc2ccc(F)cc2)ccn1. The van der Waals surface area contributed by atoms with Crippen LogP contribution in [0.3, 0.4) is 0 Å². The van der Waals surface area contributed by atoms with Crippen LogP contribution in [0.1, 0.15) is 47.2 Å². The Morgan fingerprint density at radius 1 is 1.08 bits per heavy atom. The molecule has 2 N–H and O–H groups in total. The van der Waals surface area contributed by atoms with Gasteiger partial charge in [0.2, 0.25) is 0 Å². The Labute approximate surface area is 146 Å². The number of carbonyl (C=O) groups excluding carboxylic acids is 2. The fourth-order valence-electron chi connectivity index (χ4n) is 2.17. The van der Waals surface area contributed by atoms with Crippen LogP contribution in [0.5, 0.6) is 0 Å². The molecule has 2 aromatic rings. The summed E-state index contributed by atoms with van der Waals surface area (Å²) in [5.74, 6) is -0.895. The maximum atomic E-state index is 12.9. The highest BCUT2D eigenvalue weighted by atomic mass is 19.1. The van der Waals surface area contributed by atoms with Crippen molar-refractivity contribution < 1.29 is 14.0 Å². The van der Waals surface area contributed by atoms with Crippen molar-refractivity contribution in [2.24, 2.45) is 0 Å². The van der Waals surface area contributed by atoms with Crippen molar-refractivity contribution in [1.29, 1.82) is 0 Å². The Balaban J connectivity index is 1.94. The molecule has 2 amide bonds. The highest BCUT2D eigenvalue weighted by molar-refractivity contribution is 5.98. The van der Waals surface area contributed by atoms with Gasteiger partial charge in [0, 0.05) is 23.8 Å². The van der Waals surface area contributed by atoms with Crippen LogP contribution < -0.4 is 10.6 Å². The Morgan fingerprint density at radius 3 is 2.40 bits per heavy atom. The predicted molar refractivity (Wildman–Crippen MR) is 93.9 cm³/mol. The molecule has 0 atom stereocenters. The molecule has 2 rings (SSSR count). The van der Waals surface area contributed by atoms with E-state index in [0.29, 0.717) is 18.5 Å². The second-order valence-electron chi connectivity index (χ2n) is 6.77. The summed E-state index contributed by atoms with van der Waals surface area (Å²) in [6.45, 7) is 6.03. The number of nitrogens with one attached hydrogen (secondary N) is 2. The lowest BCUT2D eigenvalue weighted by Gasteiger charge is -2.20. The molecule has 0 saturated heterocycles. The first-order valence-corrected chi connectivity index (χ1v) is 8.06. The molecule has 132 valence electrons. The highest BCUT2D eigenvalue weighted by Crippen LogP contribution is 2.06. The number of rotatable bonds is 5. The molecule has 0 aliphatic rings. The van der Waals surface area contributed by atoms with Crippen LogP contribution in [-0.2, 0) is 6.42 Å². The first-order chi connectivity index (χ1) is 11.7. The number of hydrogen-bond donors (Lipinski definition) is 2. The molecule has 0 unspecified atom stereocenters. The second kappa shape index (κ2) is 7.88. The summed E-state index contributed by atoms with van der Waals surface area (Å²) in [5, 5.41) is 5.59. The third kappa shape index (κ3) is 5.99. The lowest BCUT2D eigenvalue weighted by molar-refractivity contribution is 0.0914. The molecule has 0 aliphatic heterocycles. The van der Waals surface area contributed by atoms with Crippen molar-refractivity contribution in [3.05, 3.63) is 65.2 Å². The molecule has 6 heteroatoms. The Morgan fingerprint density at radius 2 is 1.76 bits per heavy atom. The summed E-state index contributed by atoms with van der Waals surface area (Å²) in [6, 6.07) is 9.17. The van der Waals surface area contributed by atoms with Crippen LogP contribution in [0.4, 0.5) is 4.39 Å². The lowest BCUT2D eigenvalue weighted by Crippen LogP contribution is -2.41. The van der Waals surface area contributed by atoms with Crippen molar-refractivity contribution in [2.45, 2.75) is 32.7 Å². The van der Waals surface area contributed by atoms with E-state index in [4.69, 9.17) is 0 Å². The maximum Gasteiger partial charge on any atom is 0.270 e. The van der Waals surface area contributed by atoms with Crippen LogP contribution in [0.25, 0.3) is 0 Å². The van der Waals surface area contributed by atoms with Crippen LogP contribution in [0, 0.1) is 5.82 Å². The van der Waals surface area contributed by atoms with Crippen molar-refractivity contribution >= 4 is 11.8 Å². The van der Waals surface area contributed by atoms with E-state index in [1.165, 1.54) is 24.4 Å². The topological polar surface area (TPSA) is 71.1 Å². The highest BCUT2D eigenvalue weighted by Gasteiger charge is 2.17. The van der Waals surface area contributed by atoms with Crippen molar-refractivity contribution in [2.75, 3.05) is 6.54 Å². The molecule has 5 nitrogen and oxygen atoms in total. The summed E-state index contributed by atoms with van der Waals surface area (Å²) >= 11 is 0. The van der Waals surface area contributed by atoms with Gasteiger partial charge in [-0.15, -0.1) is 0 Å². The smallest absolute Gasteiger partial charge is 0.270 e. The number of pyridine rings is 1. The number of hydrogen-bond acceptors (Lipinski definition) is 3. The molecule has 0 radical (unpaired) electrons. The van der Waals surface area contributed by atoms with Gasteiger partial charge in [-0.3, -0.25) is 14.6 Å². The van der Waals surface area contributed by atoms with E-state index in [-0.39, 0.29) is 28.9 Å². The lowest BCUT2D eigenvalue weighted by atomic mass is 10.1. The van der Waals surface area contributed by atoms with Crippen molar-refractivity contribution in [1.82, 2.24) is 15.6 Å². The summed E-state index contributed by atoms with van der Waals surface area (Å²) in [7, 11) is 0. The average Bonchev–Trinajstić information content (AvgIpc) is 2.55. The second-order valence-corrected chi connectivity index (χ2v) is 6.77. The van der Waals surface area contributed by atoms with Crippen molar-refractivity contribution in [3.63, 3.8) is 0 Å². The number of aromatic nitrogens is 1. The van der Waals surface area contributed by atoms with Crippen molar-refractivity contribution in [3.8, 4) is 0 Å². The minimum atomic E-state index is -0.383. The van der Waals surface area contributed by atoms with Crippen LogP contribution in [0.2, 0.25) is 0 Å². The van der Waals surface area contributed by atoms with Crippen LogP contribution in [-0.4, -0.2) is 28.9 Å². The number of halogens is 1. The fourth-order valence-corrected chi connectivity index (χ4v) is 2.17. The summed E-state index contributed by atoms with van der Waals surface area (Å²) in [6.07, 6.45) is 2.03. The Kier molecular flexibility index (Phi) is 5.85. The average molecular weight is 343 g/mol. The number of benzene rings is 1. The Bertz CT molecular complexity index is 752. The molecule has 0 aliphatic carbocycles. The Hall–Kier alpha value is -2.76. The summed E-state index contributed by atoms with van der Waals surface area (Å²) < 4.78 is 12.9. The van der Waals surface area contributed by atoms with Gasteiger partial charge >= 0.3 is 0 Å². The molecule has 0 saturated carbocycles. The minimum Gasteiger partial charge on any atom is -0.352 e. The fraction of sp³-hybridized carbons (Fsp3) is 0.316. The molecular formula is C19H22FN3O2. The zero-order valence-electron chi connectivity index (χ0n) is 14.6. The molecule has 1 aromatic heterocycles. The van der Waals surface area contributed by atoms with Crippen LogP contribution >= 0.6 is 0 Å². The normalized spacial score (nSPS) is 11.0. The molecule has 25 heavy (non-hydrogen) atoms. The van der Waals surface area contributed by atoms with Gasteiger partial charge in [-0.05, 0) is 57.0 Å². The number of carbonyl (C=O) groups is 2. The number of amides is 2. The monoisotopic (exact) mass is 343 g/mol. The minimum absolute atomic E-state index is 0.195. The predicted octanol–water partition coefficient (Wildman–Crippen LogP) is 2.72. The molecule has 0 spiro atoms. The van der Waals surface area contributed by atoms with Gasteiger partial charge in [0.05, 0.1) is 0 Å². The van der Waals surface area contributed by atoms with Gasteiger partial charge in [0.25, 0.3) is 11.8 Å². The van der Waals surface area contributed by atoms with Crippen LogP contribution in [0.15, 0.2) is 42.6 Å². The van der Waals surface area contributed by atoms with Gasteiger partial charge in [-0.1, -0.05) is 12.1 Å². The standard InChI is InChI=1S/C19H22FN3O2/c1-19(2,3)23-18(25)16-12-14(9-11-21-16)17(24)22-10-8-13-4-6-15(20)7-5-13/h4-7,9,11-12H,8,10H2,1-3H3,(H,22,24)(H,23,25). The third-order valence-corrected chi connectivity index (χ3v) is 3.36. The van der Waals surface area contributed by atoms with E-state index >= 15 is 0 Å². The number of nitrogens with zero attached hydrogens (tertiary/aromatic N) is 1. The zero-order chi connectivity index (χ0) is 18.4. The van der Waals surface area contributed by atoms with E-state index < -0.39 is 0 Å². The quantitative estimate of drug-likeness (QED) is 0.877. The van der Waals surface area contributed by atoms with E-state index in [2.05, 4.69) is 15.6 Å². The van der Waals surface area contributed by atoms with Gasteiger partial charge in [0.15, 0.2) is 0 Å². The van der Waals surface area contributed by atoms with E-state index in [1.54, 1.807) is 18.2 Å². The largest absolute Gasteiger partial charge is 0.352 e. The summed E-state index contributed by atoms with van der Waals surface area (Å²) in [5.41, 5.74) is 1.11. The van der Waals surface area contributed by atoms with Gasteiger partial charge < -0.3 is 10.6 Å². The maximum absolute atomic E-state index is 12.9. The van der Waals surface area contributed by atoms with Gasteiger partial charge in [-0.25, -0.2) is 4.39 Å². The van der Waals surface area contributed by atoms with E-state index in [9.17, 15) is 14.0 Å². The van der Waals surface area contributed by atoms with Gasteiger partial charge in [-0.2, -0.15) is 0 Å². The zero-order valence-corrected chi connectivity index (χ0v) is 14.6. The first kappa shape index (κ1) is 18.6.